The number of hydrogen-bond acceptors (Lipinski definition) is 3. The summed E-state index contributed by atoms with van der Waals surface area (Å²) < 4.78 is 15.5. The fourth-order valence-corrected chi connectivity index (χ4v) is 2.74. The first-order valence-corrected chi connectivity index (χ1v) is 7.15. The summed E-state index contributed by atoms with van der Waals surface area (Å²) in [4.78, 5) is 0. The maximum absolute atomic E-state index is 13.6. The fourth-order valence-electron chi connectivity index (χ4n) is 2.74. The van der Waals surface area contributed by atoms with Gasteiger partial charge in [0.15, 0.2) is 0 Å². The summed E-state index contributed by atoms with van der Waals surface area (Å²) in [6, 6.07) is 7.64. The minimum absolute atomic E-state index is 0.0675. The predicted octanol–water partition coefficient (Wildman–Crippen LogP) is 2.34. The van der Waals surface area contributed by atoms with Crippen LogP contribution in [0.4, 0.5) is 4.39 Å². The van der Waals surface area contributed by atoms with E-state index >= 15 is 0 Å². The zero-order valence-corrected chi connectivity index (χ0v) is 11.4. The Morgan fingerprint density at radius 1 is 1.30 bits per heavy atom. The summed E-state index contributed by atoms with van der Waals surface area (Å²) in [5.41, 5.74) is 0.869. The first kappa shape index (κ1) is 13.2. The van der Waals surface area contributed by atoms with Crippen LogP contribution in [-0.4, -0.2) is 27.6 Å². The average molecular weight is 274 g/mol. The number of rotatable bonds is 6. The quantitative estimate of drug-likeness (QED) is 0.822. The van der Waals surface area contributed by atoms with Crippen molar-refractivity contribution in [2.45, 2.75) is 37.8 Å². The third-order valence-corrected chi connectivity index (χ3v) is 3.95. The van der Waals surface area contributed by atoms with Crippen molar-refractivity contribution in [3.05, 3.63) is 48.0 Å². The number of nitrogens with zero attached hydrogens (tertiary/aromatic N) is 3. The molecule has 20 heavy (non-hydrogen) atoms. The van der Waals surface area contributed by atoms with E-state index < -0.39 is 0 Å². The molecule has 0 radical (unpaired) electrons. The highest BCUT2D eigenvalue weighted by atomic mass is 19.1. The van der Waals surface area contributed by atoms with Gasteiger partial charge >= 0.3 is 0 Å². The van der Waals surface area contributed by atoms with Gasteiger partial charge in [0.1, 0.15) is 5.82 Å². The molecule has 1 aliphatic rings. The SMILES string of the molecule is Fc1ccccc1C1CC(NCCCn2ccnn2)C1. The van der Waals surface area contributed by atoms with Gasteiger partial charge in [0.2, 0.25) is 0 Å². The normalized spacial score (nSPS) is 21.6. The molecule has 1 N–H and O–H groups in total. The molecule has 3 rings (SSSR count). The zero-order chi connectivity index (χ0) is 13.8. The van der Waals surface area contributed by atoms with Crippen molar-refractivity contribution in [3.63, 3.8) is 0 Å². The number of aromatic nitrogens is 3. The van der Waals surface area contributed by atoms with Crippen molar-refractivity contribution in [2.75, 3.05) is 6.54 Å². The van der Waals surface area contributed by atoms with Gasteiger partial charge < -0.3 is 5.32 Å². The third-order valence-electron chi connectivity index (χ3n) is 3.95. The number of nitrogens with one attached hydrogen (secondary N) is 1. The monoisotopic (exact) mass is 274 g/mol. The van der Waals surface area contributed by atoms with Gasteiger partial charge in [-0.25, -0.2) is 4.39 Å². The highest BCUT2D eigenvalue weighted by Gasteiger charge is 2.31. The van der Waals surface area contributed by atoms with Gasteiger partial charge in [0, 0.05) is 18.8 Å². The molecular formula is C15H19FN4. The van der Waals surface area contributed by atoms with Crippen molar-refractivity contribution >= 4 is 0 Å². The van der Waals surface area contributed by atoms with E-state index in [2.05, 4.69) is 15.6 Å². The average Bonchev–Trinajstić information content (AvgIpc) is 2.91. The van der Waals surface area contributed by atoms with Crippen LogP contribution in [0, 0.1) is 5.82 Å². The van der Waals surface area contributed by atoms with E-state index in [1.165, 1.54) is 0 Å². The summed E-state index contributed by atoms with van der Waals surface area (Å²) in [6.07, 6.45) is 6.66. The second-order valence-electron chi connectivity index (χ2n) is 5.36. The molecule has 0 aliphatic heterocycles. The summed E-state index contributed by atoms with van der Waals surface area (Å²) in [7, 11) is 0. The summed E-state index contributed by atoms with van der Waals surface area (Å²) in [5.74, 6) is 0.311. The molecule has 1 aliphatic carbocycles. The molecule has 1 heterocycles. The van der Waals surface area contributed by atoms with Gasteiger partial charge in [-0.05, 0) is 43.4 Å². The smallest absolute Gasteiger partial charge is 0.126 e. The molecule has 1 aromatic carbocycles. The van der Waals surface area contributed by atoms with Gasteiger partial charge in [0.25, 0.3) is 0 Å². The Kier molecular flexibility index (Phi) is 4.06. The standard InChI is InChI=1S/C15H19FN4/c16-15-5-2-1-4-14(15)12-10-13(11-12)17-6-3-8-20-9-7-18-19-20/h1-2,4-5,7,9,12-13,17H,3,6,8,10-11H2. The minimum atomic E-state index is -0.0675. The van der Waals surface area contributed by atoms with E-state index in [9.17, 15) is 4.39 Å². The lowest BCUT2D eigenvalue weighted by molar-refractivity contribution is 0.283. The molecule has 5 heteroatoms. The number of aryl methyl sites for hydroxylation is 1. The molecule has 1 aromatic heterocycles. The maximum Gasteiger partial charge on any atom is 0.126 e. The topological polar surface area (TPSA) is 42.7 Å². The number of benzene rings is 1. The van der Waals surface area contributed by atoms with Crippen LogP contribution in [0.2, 0.25) is 0 Å². The molecule has 106 valence electrons. The summed E-state index contributed by atoms with van der Waals surface area (Å²) >= 11 is 0. The highest BCUT2D eigenvalue weighted by molar-refractivity contribution is 5.24. The third kappa shape index (κ3) is 3.04. The maximum atomic E-state index is 13.6. The van der Waals surface area contributed by atoms with Crippen LogP contribution in [-0.2, 0) is 6.54 Å². The van der Waals surface area contributed by atoms with Crippen LogP contribution in [0.1, 0.15) is 30.7 Å². The first-order valence-electron chi connectivity index (χ1n) is 7.15. The van der Waals surface area contributed by atoms with E-state index in [1.54, 1.807) is 18.3 Å². The Balaban J connectivity index is 1.35. The molecule has 2 aromatic rings. The largest absolute Gasteiger partial charge is 0.314 e. The van der Waals surface area contributed by atoms with Crippen molar-refractivity contribution in [1.82, 2.24) is 20.3 Å². The van der Waals surface area contributed by atoms with E-state index in [-0.39, 0.29) is 5.82 Å². The Morgan fingerprint density at radius 2 is 2.15 bits per heavy atom. The predicted molar refractivity (Wildman–Crippen MR) is 74.8 cm³/mol. The molecule has 0 amide bonds. The number of hydrogen-bond donors (Lipinski definition) is 1. The molecule has 1 saturated carbocycles. The van der Waals surface area contributed by atoms with Crippen LogP contribution >= 0.6 is 0 Å². The lowest BCUT2D eigenvalue weighted by Gasteiger charge is -2.36. The van der Waals surface area contributed by atoms with Crippen LogP contribution in [0.3, 0.4) is 0 Å². The van der Waals surface area contributed by atoms with Gasteiger partial charge in [-0.3, -0.25) is 4.68 Å². The van der Waals surface area contributed by atoms with Gasteiger partial charge in [-0.1, -0.05) is 23.4 Å². The Bertz CT molecular complexity index is 535. The Labute approximate surface area is 118 Å². The Morgan fingerprint density at radius 3 is 2.90 bits per heavy atom. The molecule has 0 unspecified atom stereocenters. The second-order valence-corrected chi connectivity index (χ2v) is 5.36. The zero-order valence-electron chi connectivity index (χ0n) is 11.4. The Hall–Kier alpha value is -1.75. The lowest BCUT2D eigenvalue weighted by Crippen LogP contribution is -2.40. The van der Waals surface area contributed by atoms with Crippen molar-refractivity contribution < 1.29 is 4.39 Å². The molecule has 0 saturated heterocycles. The molecule has 0 atom stereocenters. The van der Waals surface area contributed by atoms with E-state index in [0.717, 1.165) is 37.9 Å². The van der Waals surface area contributed by atoms with Crippen LogP contribution in [0.5, 0.6) is 0 Å². The molecule has 0 bridgehead atoms. The molecular weight excluding hydrogens is 255 g/mol. The highest BCUT2D eigenvalue weighted by Crippen LogP contribution is 2.37. The van der Waals surface area contributed by atoms with Gasteiger partial charge in [-0.15, -0.1) is 5.10 Å². The minimum Gasteiger partial charge on any atom is -0.314 e. The van der Waals surface area contributed by atoms with Crippen LogP contribution in [0.15, 0.2) is 36.7 Å². The van der Waals surface area contributed by atoms with Crippen LogP contribution in [0.25, 0.3) is 0 Å². The second kappa shape index (κ2) is 6.13. The van der Waals surface area contributed by atoms with Gasteiger partial charge in [-0.2, -0.15) is 0 Å². The summed E-state index contributed by atoms with van der Waals surface area (Å²) in [5, 5.41) is 11.2. The van der Waals surface area contributed by atoms with E-state index in [4.69, 9.17) is 0 Å². The van der Waals surface area contributed by atoms with Crippen molar-refractivity contribution in [3.8, 4) is 0 Å². The van der Waals surface area contributed by atoms with Gasteiger partial charge in [0.05, 0.1) is 6.20 Å². The fraction of sp³-hybridized carbons (Fsp3) is 0.467. The lowest BCUT2D eigenvalue weighted by atomic mass is 9.75. The van der Waals surface area contributed by atoms with Crippen molar-refractivity contribution in [1.29, 1.82) is 0 Å². The molecule has 1 fully saturated rings. The summed E-state index contributed by atoms with van der Waals surface area (Å²) in [6.45, 7) is 1.85. The number of halogens is 1. The van der Waals surface area contributed by atoms with Crippen LogP contribution < -0.4 is 5.32 Å². The first-order chi connectivity index (χ1) is 9.83. The van der Waals surface area contributed by atoms with E-state index in [0.29, 0.717) is 12.0 Å². The van der Waals surface area contributed by atoms with Crippen molar-refractivity contribution in [2.24, 2.45) is 0 Å². The molecule has 4 nitrogen and oxygen atoms in total. The molecule has 0 spiro atoms. The van der Waals surface area contributed by atoms with E-state index in [1.807, 2.05) is 23.0 Å².